The summed E-state index contributed by atoms with van der Waals surface area (Å²) < 4.78 is 20.2. The average molecular weight is 1040 g/mol. The number of aliphatic hydroxyl groups is 4. The number of dihydropyridines is 1. The minimum atomic E-state index is -1.61. The maximum atomic E-state index is 15.1. The van der Waals surface area contributed by atoms with E-state index in [1.165, 1.54) is 0 Å². The summed E-state index contributed by atoms with van der Waals surface area (Å²) in [5.41, 5.74) is 8.05. The van der Waals surface area contributed by atoms with Gasteiger partial charge in [-0.15, -0.1) is 0 Å². The van der Waals surface area contributed by atoms with E-state index in [-0.39, 0.29) is 109 Å². The number of hydrogen-bond acceptors (Lipinski definition) is 16. The molecular weight excluding hydrogens is 969 g/mol. The first-order chi connectivity index (χ1) is 35.2. The van der Waals surface area contributed by atoms with Gasteiger partial charge in [-0.2, -0.15) is 0 Å². The molecule has 5 heterocycles. The van der Waals surface area contributed by atoms with Crippen molar-refractivity contribution in [1.29, 1.82) is 0 Å². The largest absolute Gasteiger partial charge is 0.481 e. The molecule has 388 valence electrons. The number of nitrogens with two attached hydrogens (primary N) is 1. The number of hydrogen-bond donors (Lipinski definition) is 7. The number of aliphatic hydroxyl groups excluding tert-OH is 4. The van der Waals surface area contributed by atoms with E-state index in [0.29, 0.717) is 54.0 Å². The summed E-state index contributed by atoms with van der Waals surface area (Å²) >= 11 is 0. The van der Waals surface area contributed by atoms with Crippen LogP contribution < -0.4 is 26.7 Å². The fourth-order valence-electron chi connectivity index (χ4n) is 13.2. The lowest BCUT2D eigenvalue weighted by Gasteiger charge is -2.62. The molecule has 2 bridgehead atoms. The number of carbonyl (C=O) groups excluding carboxylic acids is 3. The van der Waals surface area contributed by atoms with Gasteiger partial charge in [-0.3, -0.25) is 9.59 Å². The lowest BCUT2D eigenvalue weighted by molar-refractivity contribution is -0.202. The van der Waals surface area contributed by atoms with Gasteiger partial charge in [0.1, 0.15) is 11.3 Å². The zero-order chi connectivity index (χ0) is 51.3. The van der Waals surface area contributed by atoms with E-state index in [9.17, 15) is 34.8 Å². The van der Waals surface area contributed by atoms with Crippen molar-refractivity contribution in [3.8, 4) is 5.75 Å². The minimum absolute atomic E-state index is 0.0381. The van der Waals surface area contributed by atoms with Gasteiger partial charge in [-0.25, -0.2) is 9.59 Å². The van der Waals surface area contributed by atoms with Crippen LogP contribution in [0.5, 0.6) is 5.75 Å². The van der Waals surface area contributed by atoms with Crippen LogP contribution in [0.2, 0.25) is 0 Å². The summed E-state index contributed by atoms with van der Waals surface area (Å²) in [4.78, 5) is 58.9. The Morgan fingerprint density at radius 3 is 2.66 bits per heavy atom. The summed E-state index contributed by atoms with van der Waals surface area (Å²) in [6.07, 6.45) is 10.9. The normalized spacial score (nSPS) is 31.3. The maximum absolute atomic E-state index is 15.1. The molecule has 4 aliphatic heterocycles. The van der Waals surface area contributed by atoms with Crippen molar-refractivity contribution in [3.63, 3.8) is 0 Å². The van der Waals surface area contributed by atoms with Gasteiger partial charge < -0.3 is 55.6 Å². The van der Waals surface area contributed by atoms with E-state index in [4.69, 9.17) is 19.6 Å². The van der Waals surface area contributed by atoms with E-state index >= 15 is 4.79 Å². The zero-order valence-corrected chi connectivity index (χ0v) is 43.1. The highest BCUT2D eigenvalue weighted by Gasteiger charge is 2.68. The minimum Gasteiger partial charge on any atom is -0.481 e. The van der Waals surface area contributed by atoms with Crippen LogP contribution in [0.4, 0.5) is 0 Å². The summed E-state index contributed by atoms with van der Waals surface area (Å²) in [5, 5.41) is 50.1. The van der Waals surface area contributed by atoms with Crippen LogP contribution in [-0.4, -0.2) is 123 Å². The smallest absolute Gasteiger partial charge is 0.339 e. The van der Waals surface area contributed by atoms with Crippen LogP contribution in [0.3, 0.4) is 0 Å². The first-order valence-electron chi connectivity index (χ1n) is 25.6. The number of allylic oxidation sites excluding steroid dienone is 3. The summed E-state index contributed by atoms with van der Waals surface area (Å²) in [6, 6.07) is 14.7. The Morgan fingerprint density at radius 1 is 1.11 bits per heavy atom. The van der Waals surface area contributed by atoms with Crippen molar-refractivity contribution in [1.82, 2.24) is 15.5 Å². The second kappa shape index (κ2) is 20.9. The molecule has 2 fully saturated rings. The molecule has 3 aromatic rings. The third-order valence-electron chi connectivity index (χ3n) is 16.9. The molecule has 12 unspecified atom stereocenters. The SMILES string of the molecule is CC=C(CCO)C(=O)OC1(C)C(CO)C=C2CSSC3CC4C(=O)C=CC5C(C4NC)C3N5C(=O)CC3=C(C=C(N)NC3)C2C12Cc1cc3cc(CC(CO)CCC(O)Cc4ccccc4)c(=O)oc3cc1O2. The van der Waals surface area contributed by atoms with Gasteiger partial charge >= 0.3 is 11.6 Å². The Morgan fingerprint density at radius 2 is 1.92 bits per heavy atom. The molecule has 73 heavy (non-hydrogen) atoms. The summed E-state index contributed by atoms with van der Waals surface area (Å²) in [7, 11) is 5.22. The van der Waals surface area contributed by atoms with Gasteiger partial charge in [0.15, 0.2) is 17.0 Å². The van der Waals surface area contributed by atoms with E-state index in [1.54, 1.807) is 59.7 Å². The van der Waals surface area contributed by atoms with E-state index in [2.05, 4.69) is 10.6 Å². The van der Waals surface area contributed by atoms with Gasteiger partial charge in [-0.1, -0.05) is 75.7 Å². The molecule has 8 N–H and O–H groups in total. The van der Waals surface area contributed by atoms with Crippen molar-refractivity contribution in [2.75, 3.05) is 39.2 Å². The van der Waals surface area contributed by atoms with Gasteiger partial charge in [0.2, 0.25) is 5.91 Å². The van der Waals surface area contributed by atoms with E-state index < -0.39 is 47.3 Å². The van der Waals surface area contributed by atoms with Crippen LogP contribution in [0.15, 0.2) is 116 Å². The van der Waals surface area contributed by atoms with Crippen LogP contribution >= 0.6 is 21.6 Å². The molecule has 7 aliphatic rings. The number of ether oxygens (including phenoxy) is 2. The van der Waals surface area contributed by atoms with Gasteiger partial charge in [0, 0.05) is 90.0 Å². The Balaban J connectivity index is 1.06. The number of carbonyl (C=O) groups is 3. The molecule has 2 aromatic carbocycles. The fraction of sp³-hybridized carbons (Fsp3) is 0.500. The summed E-state index contributed by atoms with van der Waals surface area (Å²) in [6.45, 7) is 2.84. The highest BCUT2D eigenvalue weighted by molar-refractivity contribution is 8.77. The summed E-state index contributed by atoms with van der Waals surface area (Å²) in [5.74, 6) is -1.45. The standard InChI is InChI=1S/C56H66N4O11S2/c1-4-32(14-15-61)54(68)71-55(2)38(28-63)20-37-29-72-73-46-22-41-43(65)13-12-42-49(51(41)58-3)52(46)60(42)48(66)21-36-26-59-47(57)23-40(36)50(37)56(55)25-35-19-33-18-34(53(67)69-44(33)24-45(35)70-56)16-31(27-62)10-11-39(64)17-30-8-6-5-7-9-30/h4-9,12-13,18-20,23-24,31,38-39,41-42,46,49-52,58-59,61-64H,10-11,14-17,21-22,25-29,57H2,1-3H3. The Hall–Kier alpha value is -5.14. The Kier molecular flexibility index (Phi) is 14.7. The van der Waals surface area contributed by atoms with Crippen molar-refractivity contribution in [3.05, 3.63) is 134 Å². The number of amides is 1. The average Bonchev–Trinajstić information content (AvgIpc) is 3.74. The molecule has 12 atom stereocenters. The second-order valence-electron chi connectivity index (χ2n) is 21.0. The number of fused-ring (bicyclic) bond motifs is 7. The number of ketones is 1. The van der Waals surface area contributed by atoms with Crippen LogP contribution in [-0.2, 0) is 38.4 Å². The predicted molar refractivity (Wildman–Crippen MR) is 280 cm³/mol. The van der Waals surface area contributed by atoms with Crippen molar-refractivity contribution >= 4 is 50.2 Å². The lowest BCUT2D eigenvalue weighted by Crippen LogP contribution is -2.75. The van der Waals surface area contributed by atoms with E-state index in [1.807, 2.05) is 66.6 Å². The predicted octanol–water partition coefficient (Wildman–Crippen LogP) is 4.59. The zero-order valence-electron chi connectivity index (χ0n) is 41.5. The third-order valence-corrected chi connectivity index (χ3v) is 19.7. The van der Waals surface area contributed by atoms with Crippen molar-refractivity contribution in [2.45, 2.75) is 106 Å². The van der Waals surface area contributed by atoms with Crippen LogP contribution in [0, 0.1) is 29.6 Å². The Labute approximate surface area is 432 Å². The molecule has 0 radical (unpaired) electrons. The quantitative estimate of drug-likeness (QED) is 0.0385. The molecule has 15 nitrogen and oxygen atoms in total. The van der Waals surface area contributed by atoms with Crippen LogP contribution in [0.1, 0.15) is 62.6 Å². The number of nitrogens with zero attached hydrogens (tertiary/aromatic N) is 1. The molecule has 3 aliphatic carbocycles. The molecule has 1 spiro atoms. The van der Waals surface area contributed by atoms with E-state index in [0.717, 1.165) is 27.8 Å². The highest BCUT2D eigenvalue weighted by atomic mass is 33.1. The fourth-order valence-corrected chi connectivity index (χ4v) is 16.3. The molecule has 1 saturated heterocycles. The molecule has 1 amide bonds. The Bertz CT molecular complexity index is 2880. The second-order valence-corrected chi connectivity index (χ2v) is 23.6. The van der Waals surface area contributed by atoms with Gasteiger partial charge in [0.25, 0.3) is 0 Å². The monoisotopic (exact) mass is 1030 g/mol. The molecule has 17 heteroatoms. The van der Waals surface area contributed by atoms with Crippen molar-refractivity contribution < 1.29 is 48.7 Å². The molecule has 1 saturated carbocycles. The number of benzene rings is 2. The molecule has 1 aromatic heterocycles. The van der Waals surface area contributed by atoms with Crippen LogP contribution in [0.25, 0.3) is 11.0 Å². The highest BCUT2D eigenvalue weighted by Crippen LogP contribution is 2.60. The third kappa shape index (κ3) is 9.20. The number of rotatable bonds is 14. The van der Waals surface area contributed by atoms with Crippen molar-refractivity contribution in [2.24, 2.45) is 35.3 Å². The first-order valence-corrected chi connectivity index (χ1v) is 28.0. The maximum Gasteiger partial charge on any atom is 0.339 e. The van der Waals surface area contributed by atoms with Gasteiger partial charge in [0.05, 0.1) is 43.0 Å². The lowest BCUT2D eigenvalue weighted by atomic mass is 9.57. The van der Waals surface area contributed by atoms with Gasteiger partial charge in [-0.05, 0) is 105 Å². The molecular formula is C56H66N4O11S2. The topological polar surface area (TPSA) is 234 Å². The number of esters is 1. The number of nitrogens with one attached hydrogen (secondary N) is 2. The molecule has 10 rings (SSSR count). The first kappa shape index (κ1) is 51.4.